The lowest BCUT2D eigenvalue weighted by atomic mass is 10.0. The van der Waals surface area contributed by atoms with Crippen molar-refractivity contribution in [2.24, 2.45) is 0 Å². The molecule has 0 amide bonds. The second-order valence-corrected chi connectivity index (χ2v) is 6.07. The lowest BCUT2D eigenvalue weighted by molar-refractivity contribution is 0.220. The van der Waals surface area contributed by atoms with E-state index in [1.54, 1.807) is 0 Å². The van der Waals surface area contributed by atoms with Crippen LogP contribution in [0.1, 0.15) is 27.8 Å². The Labute approximate surface area is 128 Å². The third kappa shape index (κ3) is 2.89. The maximum Gasteiger partial charge on any atom is 0.131 e. The van der Waals surface area contributed by atoms with Crippen molar-refractivity contribution in [3.8, 4) is 11.3 Å². The van der Waals surface area contributed by atoms with Crippen LogP contribution in [0.2, 0.25) is 0 Å². The Bertz CT molecular complexity index is 749. The van der Waals surface area contributed by atoms with Crippen LogP contribution in [-0.4, -0.2) is 10.1 Å². The average molecular weight is 295 g/mol. The van der Waals surface area contributed by atoms with Gasteiger partial charge in [-0.1, -0.05) is 42.5 Å². The first kappa shape index (κ1) is 14.0. The van der Waals surface area contributed by atoms with Gasteiger partial charge in [-0.2, -0.15) is 0 Å². The molecule has 1 N–H and O–H groups in total. The fraction of sp³-hybridized carbons (Fsp3) is 0.167. The van der Waals surface area contributed by atoms with Gasteiger partial charge in [0.15, 0.2) is 0 Å². The number of thiazole rings is 1. The third-order valence-corrected chi connectivity index (χ3v) is 4.57. The molecule has 0 spiro atoms. The van der Waals surface area contributed by atoms with E-state index in [0.717, 1.165) is 21.8 Å². The zero-order chi connectivity index (χ0) is 14.8. The van der Waals surface area contributed by atoms with E-state index in [4.69, 9.17) is 0 Å². The molecule has 3 heteroatoms. The van der Waals surface area contributed by atoms with E-state index >= 15 is 0 Å². The summed E-state index contributed by atoms with van der Waals surface area (Å²) in [6.07, 6.45) is -0.656. The van der Waals surface area contributed by atoms with Crippen LogP contribution in [-0.2, 0) is 0 Å². The maximum absolute atomic E-state index is 10.4. The number of aliphatic hydroxyl groups excluding tert-OH is 1. The van der Waals surface area contributed by atoms with E-state index in [2.05, 4.69) is 37.0 Å². The summed E-state index contributed by atoms with van der Waals surface area (Å²) in [6.45, 7) is 4.20. The first-order chi connectivity index (χ1) is 10.1. The first-order valence-electron chi connectivity index (χ1n) is 6.91. The minimum atomic E-state index is -0.656. The van der Waals surface area contributed by atoms with Crippen LogP contribution >= 0.6 is 11.3 Å². The number of hydrogen-bond acceptors (Lipinski definition) is 3. The van der Waals surface area contributed by atoms with Crippen molar-refractivity contribution in [1.82, 2.24) is 4.98 Å². The van der Waals surface area contributed by atoms with Crippen molar-refractivity contribution in [2.45, 2.75) is 20.0 Å². The number of hydrogen-bond donors (Lipinski definition) is 1. The summed E-state index contributed by atoms with van der Waals surface area (Å²) in [5, 5.41) is 13.1. The smallest absolute Gasteiger partial charge is 0.131 e. The zero-order valence-electron chi connectivity index (χ0n) is 12.1. The molecule has 0 aliphatic rings. The number of benzene rings is 2. The summed E-state index contributed by atoms with van der Waals surface area (Å²) in [7, 11) is 0. The molecule has 1 atom stereocenters. The van der Waals surface area contributed by atoms with Gasteiger partial charge < -0.3 is 5.11 Å². The lowest BCUT2D eigenvalue weighted by Crippen LogP contribution is -1.98. The lowest BCUT2D eigenvalue weighted by Gasteiger charge is -2.07. The number of rotatable bonds is 3. The quantitative estimate of drug-likeness (QED) is 0.771. The van der Waals surface area contributed by atoms with E-state index < -0.39 is 6.10 Å². The molecule has 0 aliphatic heterocycles. The van der Waals surface area contributed by atoms with Gasteiger partial charge in [0, 0.05) is 10.9 Å². The summed E-state index contributed by atoms with van der Waals surface area (Å²) in [4.78, 5) is 4.60. The fourth-order valence-corrected chi connectivity index (χ4v) is 3.06. The summed E-state index contributed by atoms with van der Waals surface area (Å²) < 4.78 is 0. The molecule has 3 aromatic rings. The Morgan fingerprint density at radius 3 is 2.48 bits per heavy atom. The van der Waals surface area contributed by atoms with E-state index in [-0.39, 0.29) is 0 Å². The largest absolute Gasteiger partial charge is 0.381 e. The van der Waals surface area contributed by atoms with Crippen molar-refractivity contribution in [2.75, 3.05) is 0 Å². The molecule has 0 radical (unpaired) electrons. The second kappa shape index (κ2) is 5.80. The molecular weight excluding hydrogens is 278 g/mol. The summed E-state index contributed by atoms with van der Waals surface area (Å²) >= 11 is 1.50. The SMILES string of the molecule is Cc1ccc(-c2csc(C(O)c3ccccc3)n2)cc1C. The maximum atomic E-state index is 10.4. The Hall–Kier alpha value is -1.97. The summed E-state index contributed by atoms with van der Waals surface area (Å²) in [6, 6.07) is 16.0. The second-order valence-electron chi connectivity index (χ2n) is 5.18. The molecule has 3 rings (SSSR count). The average Bonchev–Trinajstić information content (AvgIpc) is 3.00. The van der Waals surface area contributed by atoms with Crippen molar-refractivity contribution >= 4 is 11.3 Å². The minimum absolute atomic E-state index is 0.656. The van der Waals surface area contributed by atoms with Crippen LogP contribution in [0.4, 0.5) is 0 Å². The molecule has 0 fully saturated rings. The van der Waals surface area contributed by atoms with Crippen LogP contribution in [0.15, 0.2) is 53.9 Å². The monoisotopic (exact) mass is 295 g/mol. The van der Waals surface area contributed by atoms with Crippen molar-refractivity contribution in [3.63, 3.8) is 0 Å². The van der Waals surface area contributed by atoms with Gasteiger partial charge in [-0.15, -0.1) is 11.3 Å². The van der Waals surface area contributed by atoms with E-state index in [0.29, 0.717) is 0 Å². The molecule has 0 saturated carbocycles. The number of nitrogens with zero attached hydrogens (tertiary/aromatic N) is 1. The summed E-state index contributed by atoms with van der Waals surface area (Å²) in [5.74, 6) is 0. The molecule has 1 aromatic heterocycles. The molecule has 1 unspecified atom stereocenters. The zero-order valence-corrected chi connectivity index (χ0v) is 12.9. The van der Waals surface area contributed by atoms with Crippen molar-refractivity contribution < 1.29 is 5.11 Å². The predicted octanol–water partition coefficient (Wildman–Crippen LogP) is 4.51. The van der Waals surface area contributed by atoms with Gasteiger partial charge in [-0.3, -0.25) is 0 Å². The van der Waals surface area contributed by atoms with Gasteiger partial charge in [0.05, 0.1) is 5.69 Å². The van der Waals surface area contributed by atoms with Crippen LogP contribution in [0.3, 0.4) is 0 Å². The highest BCUT2D eigenvalue weighted by atomic mass is 32.1. The fourth-order valence-electron chi connectivity index (χ4n) is 2.22. The van der Waals surface area contributed by atoms with Crippen LogP contribution in [0.25, 0.3) is 11.3 Å². The topological polar surface area (TPSA) is 33.1 Å². The van der Waals surface area contributed by atoms with E-state index in [1.807, 2.05) is 35.7 Å². The minimum Gasteiger partial charge on any atom is -0.381 e. The molecule has 2 nitrogen and oxygen atoms in total. The molecular formula is C18H17NOS. The standard InChI is InChI=1S/C18H17NOS/c1-12-8-9-15(10-13(12)2)16-11-21-18(19-16)17(20)14-6-4-3-5-7-14/h3-11,17,20H,1-2H3. The van der Waals surface area contributed by atoms with Gasteiger partial charge >= 0.3 is 0 Å². The molecule has 21 heavy (non-hydrogen) atoms. The molecule has 1 heterocycles. The molecule has 106 valence electrons. The van der Waals surface area contributed by atoms with Crippen molar-refractivity contribution in [1.29, 1.82) is 0 Å². The number of aryl methyl sites for hydroxylation is 2. The van der Waals surface area contributed by atoms with Gasteiger partial charge in [0.25, 0.3) is 0 Å². The van der Waals surface area contributed by atoms with E-state index in [9.17, 15) is 5.11 Å². The molecule has 0 aliphatic carbocycles. The van der Waals surface area contributed by atoms with Crippen LogP contribution in [0, 0.1) is 13.8 Å². The third-order valence-electron chi connectivity index (χ3n) is 3.67. The van der Waals surface area contributed by atoms with Crippen LogP contribution < -0.4 is 0 Å². The molecule has 0 saturated heterocycles. The highest BCUT2D eigenvalue weighted by Gasteiger charge is 2.15. The van der Waals surface area contributed by atoms with Gasteiger partial charge in [0.1, 0.15) is 11.1 Å². The predicted molar refractivity (Wildman–Crippen MR) is 87.5 cm³/mol. The Kier molecular flexibility index (Phi) is 3.86. The molecule has 0 bridgehead atoms. The Morgan fingerprint density at radius 2 is 1.76 bits per heavy atom. The van der Waals surface area contributed by atoms with Crippen molar-refractivity contribution in [3.05, 3.63) is 75.6 Å². The van der Waals surface area contributed by atoms with Gasteiger partial charge in [-0.05, 0) is 36.6 Å². The Morgan fingerprint density at radius 1 is 1.00 bits per heavy atom. The molecule has 2 aromatic carbocycles. The van der Waals surface area contributed by atoms with Crippen LogP contribution in [0.5, 0.6) is 0 Å². The highest BCUT2D eigenvalue weighted by Crippen LogP contribution is 2.29. The first-order valence-corrected chi connectivity index (χ1v) is 7.79. The normalized spacial score (nSPS) is 12.3. The Balaban J connectivity index is 1.91. The van der Waals surface area contributed by atoms with Gasteiger partial charge in [0.2, 0.25) is 0 Å². The van der Waals surface area contributed by atoms with Gasteiger partial charge in [-0.25, -0.2) is 4.98 Å². The highest BCUT2D eigenvalue weighted by molar-refractivity contribution is 7.10. The van der Waals surface area contributed by atoms with E-state index in [1.165, 1.54) is 22.5 Å². The number of aromatic nitrogens is 1. The summed E-state index contributed by atoms with van der Waals surface area (Å²) in [5.41, 5.74) is 5.43. The number of aliphatic hydroxyl groups is 1.